The molecule has 0 heterocycles. The predicted molar refractivity (Wildman–Crippen MR) is 29.1 cm³/mol. The van der Waals surface area contributed by atoms with Crippen molar-refractivity contribution in [2.75, 3.05) is 0 Å². The molecule has 0 rings (SSSR count). The summed E-state index contributed by atoms with van der Waals surface area (Å²) in [5, 5.41) is 0. The average Bonchev–Trinajstić information content (AvgIpc) is 0.918. The van der Waals surface area contributed by atoms with Crippen molar-refractivity contribution in [2.45, 2.75) is 0 Å². The molecule has 0 radical (unpaired) electrons. The van der Waals surface area contributed by atoms with Crippen LogP contribution in [0, 0.1) is 40.8 Å². The van der Waals surface area contributed by atoms with E-state index in [0.717, 1.165) is 0 Å². The van der Waals surface area contributed by atoms with Gasteiger partial charge in [-0.15, -0.1) is 0 Å². The van der Waals surface area contributed by atoms with Gasteiger partial charge in [0.05, 0.1) is 0 Å². The van der Waals surface area contributed by atoms with Crippen molar-refractivity contribution in [3.05, 3.63) is 0 Å². The molecule has 0 atom stereocenters. The second kappa shape index (κ2) is 9.24. The maximum atomic E-state index is 4.19. The third-order valence-electron chi connectivity index (χ3n) is 0. The third kappa shape index (κ3) is 8.84. The maximum Gasteiger partial charge on any atom is 0.124 e. The van der Waals surface area contributed by atoms with Crippen LogP contribution >= 0.6 is 46.0 Å². The molecule has 0 unspecified atom stereocenters. The summed E-state index contributed by atoms with van der Waals surface area (Å²) < 4.78 is 4.19. The molecule has 4 heavy (non-hydrogen) atoms. The molecule has 0 amide bonds. The Balaban J connectivity index is 0. The first-order chi connectivity index (χ1) is 1.41. The van der Waals surface area contributed by atoms with Crippen molar-refractivity contribution >= 4 is 46.0 Å². The number of hydrogen-bond acceptors (Lipinski definition) is 1. The first kappa shape index (κ1) is 9.91. The van der Waals surface area contributed by atoms with Gasteiger partial charge in [0.15, 0.2) is 0 Å². The molecule has 0 aliphatic rings. The van der Waals surface area contributed by atoms with Crippen molar-refractivity contribution < 1.29 is 42.2 Å². The molecule has 4 heteroatoms. The van der Waals surface area contributed by atoms with Crippen LogP contribution in [-0.4, -0.2) is 0 Å². The van der Waals surface area contributed by atoms with Crippen molar-refractivity contribution in [3.8, 4) is 0 Å². The fraction of sp³-hybridized carbons (Fsp3) is 0. The molecule has 0 saturated carbocycles. The summed E-state index contributed by atoms with van der Waals surface area (Å²) in [6, 6.07) is 0. The molecule has 0 aromatic carbocycles. The van der Waals surface area contributed by atoms with Crippen LogP contribution in [0.5, 0.6) is 0 Å². The van der Waals surface area contributed by atoms with E-state index in [1.54, 1.807) is 46.0 Å². The summed E-state index contributed by atoms with van der Waals surface area (Å²) >= 11 is 3.55. The molecule has 0 aromatic heterocycles. The maximum absolute atomic E-state index is 4.19. The van der Waals surface area contributed by atoms with E-state index in [1.165, 1.54) is 0 Å². The average molecular weight is 414 g/mol. The van der Waals surface area contributed by atoms with Crippen LogP contribution in [0.2, 0.25) is 0 Å². The summed E-state index contributed by atoms with van der Waals surface area (Å²) in [5.41, 5.74) is 0. The topological polar surface area (TPSA) is 9.23 Å². The van der Waals surface area contributed by atoms with E-state index < -0.39 is 0 Å². The van der Waals surface area contributed by atoms with Gasteiger partial charge in [0.2, 0.25) is 0 Å². The van der Waals surface area contributed by atoms with Crippen molar-refractivity contribution in [3.63, 3.8) is 0 Å². The van der Waals surface area contributed by atoms with E-state index in [0.29, 0.717) is 0 Å². The molecule has 0 aliphatic heterocycles. The molecule has 0 N–H and O–H groups in total. The largest absolute Gasteiger partial charge is 0.247 e. The molecule has 0 fully saturated rings. The minimum Gasteiger partial charge on any atom is -0.247 e. The number of rotatable bonds is 0. The molecule has 0 aliphatic carbocycles. The van der Waals surface area contributed by atoms with E-state index in [1.807, 2.05) is 0 Å². The Bertz CT molecular complexity index is 6.00. The van der Waals surface area contributed by atoms with Gasteiger partial charge in [0.1, 0.15) is 46.0 Å². The SMILES string of the molecule is IOI.[Nd]. The number of hydrogen-bond donors (Lipinski definition) is 0. The van der Waals surface area contributed by atoms with E-state index >= 15 is 0 Å². The Morgan fingerprint density at radius 1 is 1.25 bits per heavy atom. The van der Waals surface area contributed by atoms with Gasteiger partial charge in [-0.1, -0.05) is 0 Å². The van der Waals surface area contributed by atoms with Gasteiger partial charge in [-0.2, -0.15) is 0 Å². The van der Waals surface area contributed by atoms with Crippen molar-refractivity contribution in [1.82, 2.24) is 0 Å². The Morgan fingerprint density at radius 2 is 1.25 bits per heavy atom. The van der Waals surface area contributed by atoms with Gasteiger partial charge >= 0.3 is 0 Å². The van der Waals surface area contributed by atoms with Crippen LogP contribution in [0.4, 0.5) is 0 Å². The van der Waals surface area contributed by atoms with Gasteiger partial charge in [-0.25, -0.2) is 1.40 Å². The molecular weight excluding hydrogens is 414 g/mol. The molecule has 24 valence electrons. The summed E-state index contributed by atoms with van der Waals surface area (Å²) in [7, 11) is 0. The van der Waals surface area contributed by atoms with Crippen molar-refractivity contribution in [1.29, 1.82) is 0 Å². The summed E-state index contributed by atoms with van der Waals surface area (Å²) in [5.74, 6) is 0. The fourth-order valence-electron chi connectivity index (χ4n) is 0. The summed E-state index contributed by atoms with van der Waals surface area (Å²) in [6.07, 6.45) is 0. The number of halogens is 2. The smallest absolute Gasteiger partial charge is 0.124 e. The predicted octanol–water partition coefficient (Wildman–Crippen LogP) is 1.70. The van der Waals surface area contributed by atoms with Gasteiger partial charge < -0.3 is 0 Å². The van der Waals surface area contributed by atoms with Crippen molar-refractivity contribution in [2.24, 2.45) is 0 Å². The molecule has 0 spiro atoms. The molecule has 1 nitrogen and oxygen atoms in total. The van der Waals surface area contributed by atoms with Gasteiger partial charge in [-0.3, -0.25) is 0 Å². The Hall–Kier alpha value is 2.77. The Morgan fingerprint density at radius 3 is 1.25 bits per heavy atom. The van der Waals surface area contributed by atoms with Crippen LogP contribution in [0.3, 0.4) is 0 Å². The van der Waals surface area contributed by atoms with Crippen LogP contribution < -0.4 is 0 Å². The minimum atomic E-state index is 0. The zero-order valence-corrected chi connectivity index (χ0v) is 9.19. The Labute approximate surface area is 86.1 Å². The van der Waals surface area contributed by atoms with Gasteiger partial charge in [0, 0.05) is 40.8 Å². The minimum absolute atomic E-state index is 0. The van der Waals surface area contributed by atoms with E-state index in [2.05, 4.69) is 1.40 Å². The van der Waals surface area contributed by atoms with E-state index in [-0.39, 0.29) is 40.8 Å². The third-order valence-corrected chi connectivity index (χ3v) is 0. The van der Waals surface area contributed by atoms with Crippen LogP contribution in [0.25, 0.3) is 0 Å². The molecule has 0 aromatic rings. The second-order valence-corrected chi connectivity index (χ2v) is 2.62. The summed E-state index contributed by atoms with van der Waals surface area (Å²) in [4.78, 5) is 0. The zero-order valence-electron chi connectivity index (χ0n) is 1.66. The standard InChI is InChI=1S/I2O.Nd/c1-3-2;. The van der Waals surface area contributed by atoms with Crippen LogP contribution in [0.1, 0.15) is 0 Å². The quantitative estimate of drug-likeness (QED) is 0.549. The summed E-state index contributed by atoms with van der Waals surface area (Å²) in [6.45, 7) is 0. The fourth-order valence-corrected chi connectivity index (χ4v) is 0. The van der Waals surface area contributed by atoms with Crippen LogP contribution in [-0.2, 0) is 1.40 Å². The van der Waals surface area contributed by atoms with Crippen LogP contribution in [0.15, 0.2) is 0 Å². The molecule has 0 saturated heterocycles. The second-order valence-electron chi connectivity index (χ2n) is 0.0583. The molecule has 0 bridgehead atoms. The molecular formula is I2NdO. The normalized spacial score (nSPS) is 4.50. The monoisotopic (exact) mass is 412 g/mol. The van der Waals surface area contributed by atoms with Gasteiger partial charge in [-0.05, 0) is 0 Å². The zero-order chi connectivity index (χ0) is 2.71. The van der Waals surface area contributed by atoms with E-state index in [4.69, 9.17) is 0 Å². The Kier molecular flexibility index (Phi) is 22.9. The van der Waals surface area contributed by atoms with Gasteiger partial charge in [0.25, 0.3) is 0 Å². The van der Waals surface area contributed by atoms with E-state index in [9.17, 15) is 0 Å². The first-order valence-corrected chi connectivity index (χ1v) is 2.07. The first-order valence-electron chi connectivity index (χ1n) is 0.309.